The van der Waals surface area contributed by atoms with Crippen LogP contribution in [-0.2, 0) is 10.5 Å². The largest absolute Gasteiger partial charge is 0.424 e. The fourth-order valence-electron chi connectivity index (χ4n) is 2.88. The molecule has 0 unspecified atom stereocenters. The van der Waals surface area contributed by atoms with Gasteiger partial charge in [0.25, 0.3) is 5.91 Å². The number of amidine groups is 1. The third kappa shape index (κ3) is 4.72. The Kier molecular flexibility index (Phi) is 6.64. The minimum Gasteiger partial charge on any atom is -0.424 e. The van der Waals surface area contributed by atoms with Crippen LogP contribution >= 0.6 is 35.0 Å². The molecule has 1 aromatic heterocycles. The lowest BCUT2D eigenvalue weighted by molar-refractivity contribution is -0.113. The Morgan fingerprint density at radius 3 is 2.62 bits per heavy atom. The number of aromatic nitrogens is 2. The summed E-state index contributed by atoms with van der Waals surface area (Å²) in [4.78, 5) is 18.9. The molecule has 3 aromatic rings. The van der Waals surface area contributed by atoms with Crippen LogP contribution in [0.15, 0.2) is 57.6 Å². The number of benzene rings is 2. The molecule has 0 saturated heterocycles. The Morgan fingerprint density at radius 1 is 1.16 bits per heavy atom. The first-order valence-electron chi connectivity index (χ1n) is 9.63. The monoisotopic (exact) mass is 490 g/mol. The Labute approximate surface area is 198 Å². The normalized spacial score (nSPS) is 15.2. The van der Waals surface area contributed by atoms with Gasteiger partial charge in [0, 0.05) is 5.92 Å². The van der Waals surface area contributed by atoms with Gasteiger partial charge in [0.15, 0.2) is 5.17 Å². The maximum absolute atomic E-state index is 14.5. The molecule has 2 aromatic carbocycles. The predicted octanol–water partition coefficient (Wildman–Crippen LogP) is 6.32. The summed E-state index contributed by atoms with van der Waals surface area (Å²) in [7, 11) is 0. The van der Waals surface area contributed by atoms with Crippen LogP contribution in [0.5, 0.6) is 0 Å². The van der Waals surface area contributed by atoms with Gasteiger partial charge in [0.1, 0.15) is 11.5 Å². The molecule has 0 aliphatic carbocycles. The highest BCUT2D eigenvalue weighted by atomic mass is 35.5. The van der Waals surface area contributed by atoms with Gasteiger partial charge in [-0.05, 0) is 35.9 Å². The zero-order chi connectivity index (χ0) is 22.8. The van der Waals surface area contributed by atoms with E-state index in [1.165, 1.54) is 28.8 Å². The molecule has 0 fully saturated rings. The second-order valence-corrected chi connectivity index (χ2v) is 8.92. The second-order valence-electron chi connectivity index (χ2n) is 7.17. The highest BCUT2D eigenvalue weighted by molar-refractivity contribution is 8.13. The van der Waals surface area contributed by atoms with Crippen molar-refractivity contribution in [3.8, 4) is 0 Å². The summed E-state index contributed by atoms with van der Waals surface area (Å²) in [6, 6.07) is 11.0. The van der Waals surface area contributed by atoms with Crippen molar-refractivity contribution in [2.75, 3.05) is 4.90 Å². The van der Waals surface area contributed by atoms with Gasteiger partial charge in [-0.3, -0.25) is 9.69 Å². The van der Waals surface area contributed by atoms with Gasteiger partial charge in [0.05, 0.1) is 21.5 Å². The van der Waals surface area contributed by atoms with E-state index >= 15 is 0 Å². The van der Waals surface area contributed by atoms with Crippen molar-refractivity contribution >= 4 is 57.8 Å². The molecule has 32 heavy (non-hydrogen) atoms. The summed E-state index contributed by atoms with van der Waals surface area (Å²) >= 11 is 13.3. The van der Waals surface area contributed by atoms with Crippen LogP contribution in [0.25, 0.3) is 6.08 Å². The molecular weight excluding hydrogens is 474 g/mol. The minimum absolute atomic E-state index is 0.0993. The molecule has 0 atom stereocenters. The molecule has 0 spiro atoms. The van der Waals surface area contributed by atoms with Crippen LogP contribution in [0.4, 0.5) is 10.1 Å². The number of rotatable bonds is 5. The quantitative estimate of drug-likeness (QED) is 0.391. The lowest BCUT2D eigenvalue weighted by Gasteiger charge is -2.17. The van der Waals surface area contributed by atoms with E-state index in [0.717, 1.165) is 0 Å². The third-order valence-corrected chi connectivity index (χ3v) is 6.13. The molecule has 0 bridgehead atoms. The van der Waals surface area contributed by atoms with Gasteiger partial charge in [-0.15, -0.1) is 10.2 Å². The molecule has 2 heterocycles. The molecule has 6 nitrogen and oxygen atoms in total. The molecule has 164 valence electrons. The van der Waals surface area contributed by atoms with Crippen molar-refractivity contribution in [3.63, 3.8) is 0 Å². The van der Waals surface area contributed by atoms with Gasteiger partial charge in [-0.1, -0.05) is 67.0 Å². The number of hydrogen-bond acceptors (Lipinski definition) is 6. The summed E-state index contributed by atoms with van der Waals surface area (Å²) in [6.45, 7) is 3.90. The summed E-state index contributed by atoms with van der Waals surface area (Å²) in [6.07, 6.45) is 1.58. The molecule has 0 saturated carbocycles. The Bertz CT molecular complexity index is 1240. The van der Waals surface area contributed by atoms with E-state index in [1.54, 1.807) is 36.4 Å². The molecule has 4 rings (SSSR count). The number of anilines is 1. The molecule has 0 N–H and O–H groups in total. The maximum Gasteiger partial charge on any atom is 0.283 e. The van der Waals surface area contributed by atoms with E-state index < -0.39 is 11.7 Å². The van der Waals surface area contributed by atoms with E-state index in [4.69, 9.17) is 27.6 Å². The first-order chi connectivity index (χ1) is 15.3. The van der Waals surface area contributed by atoms with Crippen molar-refractivity contribution in [2.45, 2.75) is 25.5 Å². The predicted molar refractivity (Wildman–Crippen MR) is 125 cm³/mol. The van der Waals surface area contributed by atoms with Crippen LogP contribution < -0.4 is 4.90 Å². The lowest BCUT2D eigenvalue weighted by atomic mass is 10.2. The third-order valence-electron chi connectivity index (χ3n) is 4.47. The molecule has 1 aliphatic rings. The van der Waals surface area contributed by atoms with Crippen LogP contribution in [0, 0.1) is 5.82 Å². The molecule has 0 radical (unpaired) electrons. The van der Waals surface area contributed by atoms with Gasteiger partial charge < -0.3 is 4.42 Å². The van der Waals surface area contributed by atoms with Crippen molar-refractivity contribution in [3.05, 3.63) is 81.4 Å². The number of nitrogens with zero attached hydrogens (tertiary/aromatic N) is 4. The van der Waals surface area contributed by atoms with E-state index in [2.05, 4.69) is 15.2 Å². The van der Waals surface area contributed by atoms with Crippen LogP contribution in [0.2, 0.25) is 10.0 Å². The SMILES string of the molecule is CC(C)c1nnc(CSC2=N/C(=C/c3ccc(Cl)c(Cl)c3)C(=O)N2c2ccccc2F)o1. The van der Waals surface area contributed by atoms with Gasteiger partial charge in [0.2, 0.25) is 11.8 Å². The zero-order valence-corrected chi connectivity index (χ0v) is 19.4. The lowest BCUT2D eigenvalue weighted by Crippen LogP contribution is -2.31. The average molecular weight is 491 g/mol. The highest BCUT2D eigenvalue weighted by Crippen LogP contribution is 2.33. The Balaban J connectivity index is 1.67. The molecular formula is C22H17Cl2FN4O2S. The number of thioether (sulfide) groups is 1. The molecule has 10 heteroatoms. The number of para-hydroxylation sites is 1. The number of hydrogen-bond donors (Lipinski definition) is 0. The van der Waals surface area contributed by atoms with Crippen molar-refractivity contribution in [2.24, 2.45) is 4.99 Å². The van der Waals surface area contributed by atoms with Crippen LogP contribution in [0.3, 0.4) is 0 Å². The molecule has 1 amide bonds. The number of aliphatic imine (C=N–C) groups is 1. The first-order valence-corrected chi connectivity index (χ1v) is 11.4. The van der Waals surface area contributed by atoms with Crippen LogP contribution in [-0.4, -0.2) is 21.3 Å². The highest BCUT2D eigenvalue weighted by Gasteiger charge is 2.34. The van der Waals surface area contributed by atoms with E-state index in [-0.39, 0.29) is 23.1 Å². The summed E-state index contributed by atoms with van der Waals surface area (Å²) in [5, 5.41) is 9.09. The van der Waals surface area contributed by atoms with Crippen molar-refractivity contribution in [1.29, 1.82) is 0 Å². The summed E-state index contributed by atoms with van der Waals surface area (Å²) < 4.78 is 20.2. The zero-order valence-electron chi connectivity index (χ0n) is 17.1. The number of amides is 1. The van der Waals surface area contributed by atoms with E-state index in [0.29, 0.717) is 32.6 Å². The molecule has 1 aliphatic heterocycles. The number of carbonyl (C=O) groups is 1. The van der Waals surface area contributed by atoms with Gasteiger partial charge in [-0.2, -0.15) is 0 Å². The second kappa shape index (κ2) is 9.44. The van der Waals surface area contributed by atoms with Gasteiger partial charge >= 0.3 is 0 Å². The smallest absolute Gasteiger partial charge is 0.283 e. The Morgan fingerprint density at radius 2 is 1.94 bits per heavy atom. The Hall–Kier alpha value is -2.68. The first kappa shape index (κ1) is 22.5. The van der Waals surface area contributed by atoms with Gasteiger partial charge in [-0.25, -0.2) is 9.38 Å². The summed E-state index contributed by atoms with van der Waals surface area (Å²) in [5.41, 5.74) is 0.891. The number of halogens is 3. The van der Waals surface area contributed by atoms with E-state index in [9.17, 15) is 9.18 Å². The fourth-order valence-corrected chi connectivity index (χ4v) is 4.03. The maximum atomic E-state index is 14.5. The van der Waals surface area contributed by atoms with Crippen molar-refractivity contribution in [1.82, 2.24) is 10.2 Å². The summed E-state index contributed by atoms with van der Waals surface area (Å²) in [5.74, 6) is 0.293. The fraction of sp³-hybridized carbons (Fsp3) is 0.182. The van der Waals surface area contributed by atoms with Crippen LogP contribution in [0.1, 0.15) is 37.1 Å². The average Bonchev–Trinajstić information content (AvgIpc) is 3.35. The topological polar surface area (TPSA) is 71.6 Å². The minimum atomic E-state index is -0.537. The van der Waals surface area contributed by atoms with E-state index in [1.807, 2.05) is 13.8 Å². The number of carbonyl (C=O) groups excluding carboxylic acids is 1. The van der Waals surface area contributed by atoms with Crippen molar-refractivity contribution < 1.29 is 13.6 Å². The standard InChI is InChI=1S/C22H17Cl2FN4O2S/c1-12(2)20-28-27-19(31-20)11-32-22-26-17(10-13-7-8-14(23)15(24)9-13)21(30)29(22)18-6-4-3-5-16(18)25/h3-10,12H,11H2,1-2H3/b17-10+.